The predicted molar refractivity (Wildman–Crippen MR) is 110 cm³/mol. The molecule has 4 rings (SSSR count). The number of nitrogens with zero attached hydrogens (tertiary/aromatic N) is 1. The molecule has 0 saturated heterocycles. The van der Waals surface area contributed by atoms with E-state index >= 15 is 0 Å². The van der Waals surface area contributed by atoms with E-state index in [9.17, 15) is 19.8 Å². The molecule has 0 aliphatic carbocycles. The third kappa shape index (κ3) is 3.59. The van der Waals surface area contributed by atoms with Crippen LogP contribution in [0.1, 0.15) is 33.5 Å². The Hall–Kier alpha value is -3.80. The number of amides is 1. The Morgan fingerprint density at radius 2 is 1.80 bits per heavy atom. The van der Waals surface area contributed by atoms with Crippen molar-refractivity contribution in [3.8, 4) is 5.75 Å². The van der Waals surface area contributed by atoms with Crippen molar-refractivity contribution in [1.82, 2.24) is 4.90 Å². The summed E-state index contributed by atoms with van der Waals surface area (Å²) in [4.78, 5) is 27.5. The van der Waals surface area contributed by atoms with Gasteiger partial charge in [-0.2, -0.15) is 0 Å². The number of aliphatic hydroxyl groups is 1. The number of benzene rings is 2. The minimum absolute atomic E-state index is 0.00925. The van der Waals surface area contributed by atoms with Crippen LogP contribution in [0.15, 0.2) is 82.5 Å². The van der Waals surface area contributed by atoms with E-state index < -0.39 is 23.5 Å². The van der Waals surface area contributed by atoms with Gasteiger partial charge in [-0.3, -0.25) is 9.59 Å². The Kier molecular flexibility index (Phi) is 5.14. The zero-order valence-electron chi connectivity index (χ0n) is 16.4. The summed E-state index contributed by atoms with van der Waals surface area (Å²) in [7, 11) is 0. The lowest BCUT2D eigenvalue weighted by Gasteiger charge is -2.26. The monoisotopic (exact) mass is 403 g/mol. The number of phenols is 1. The number of ketones is 1. The van der Waals surface area contributed by atoms with Gasteiger partial charge in [0.2, 0.25) is 5.78 Å². The molecule has 0 fully saturated rings. The summed E-state index contributed by atoms with van der Waals surface area (Å²) in [6.07, 6.45) is 0.552. The number of carbonyl (C=O) groups excluding carboxylic acids is 2. The van der Waals surface area contributed by atoms with Gasteiger partial charge in [-0.05, 0) is 48.7 Å². The lowest BCUT2D eigenvalue weighted by molar-refractivity contribution is -0.129. The molecule has 152 valence electrons. The van der Waals surface area contributed by atoms with Crippen molar-refractivity contribution < 1.29 is 24.2 Å². The summed E-state index contributed by atoms with van der Waals surface area (Å²) in [5.74, 6) is -1.14. The first-order chi connectivity index (χ1) is 14.5. The van der Waals surface area contributed by atoms with Gasteiger partial charge in [-0.25, -0.2) is 0 Å². The quantitative estimate of drug-likeness (QED) is 0.605. The van der Waals surface area contributed by atoms with Crippen LogP contribution in [0.2, 0.25) is 0 Å². The number of phenolic OH excluding ortho intramolecular Hbond substituents is 1. The molecule has 0 radical (unpaired) electrons. The number of hydrogen-bond donors (Lipinski definition) is 2. The molecule has 1 aliphatic rings. The third-order valence-corrected chi connectivity index (χ3v) is 5.18. The van der Waals surface area contributed by atoms with Crippen LogP contribution in [-0.4, -0.2) is 33.3 Å². The molecule has 1 atom stereocenters. The molecule has 6 heteroatoms. The van der Waals surface area contributed by atoms with E-state index in [1.807, 2.05) is 30.3 Å². The van der Waals surface area contributed by atoms with Crippen LogP contribution in [0.4, 0.5) is 0 Å². The summed E-state index contributed by atoms with van der Waals surface area (Å²) in [5.41, 5.74) is 1.51. The van der Waals surface area contributed by atoms with Crippen molar-refractivity contribution >= 4 is 11.7 Å². The van der Waals surface area contributed by atoms with E-state index in [0.717, 1.165) is 5.56 Å². The second-order valence-corrected chi connectivity index (χ2v) is 7.23. The first kappa shape index (κ1) is 19.5. The Morgan fingerprint density at radius 3 is 2.47 bits per heavy atom. The highest BCUT2D eigenvalue weighted by Crippen LogP contribution is 2.40. The minimum Gasteiger partial charge on any atom is -0.508 e. The van der Waals surface area contributed by atoms with Crippen LogP contribution >= 0.6 is 0 Å². The molecular formula is C24H21NO5. The van der Waals surface area contributed by atoms with Gasteiger partial charge in [-0.1, -0.05) is 42.5 Å². The van der Waals surface area contributed by atoms with E-state index in [1.54, 1.807) is 25.1 Å². The van der Waals surface area contributed by atoms with Crippen LogP contribution in [0, 0.1) is 6.92 Å². The van der Waals surface area contributed by atoms with Gasteiger partial charge >= 0.3 is 0 Å². The first-order valence-electron chi connectivity index (χ1n) is 9.64. The zero-order valence-corrected chi connectivity index (χ0v) is 16.4. The predicted octanol–water partition coefficient (Wildman–Crippen LogP) is 4.11. The lowest BCUT2D eigenvalue weighted by atomic mass is 9.94. The maximum atomic E-state index is 13.2. The fourth-order valence-electron chi connectivity index (χ4n) is 3.74. The highest BCUT2D eigenvalue weighted by atomic mass is 16.3. The van der Waals surface area contributed by atoms with Gasteiger partial charge in [-0.15, -0.1) is 0 Å². The summed E-state index contributed by atoms with van der Waals surface area (Å²) in [6.45, 7) is 2.00. The van der Waals surface area contributed by atoms with Crippen molar-refractivity contribution in [3.63, 3.8) is 0 Å². The molecule has 2 aromatic carbocycles. The number of Topliss-reactive ketones (excluding diaryl/α,β-unsaturated/α-hetero) is 1. The van der Waals surface area contributed by atoms with Gasteiger partial charge in [0.05, 0.1) is 11.6 Å². The summed E-state index contributed by atoms with van der Waals surface area (Å²) < 4.78 is 5.44. The number of carbonyl (C=O) groups is 2. The average molecular weight is 403 g/mol. The molecule has 2 N–H and O–H groups in total. The fraction of sp³-hybridized carbons (Fsp3) is 0.167. The highest BCUT2D eigenvalue weighted by molar-refractivity contribution is 6.15. The molecule has 0 spiro atoms. The second-order valence-electron chi connectivity index (χ2n) is 7.23. The third-order valence-electron chi connectivity index (χ3n) is 5.18. The van der Waals surface area contributed by atoms with Gasteiger partial charge in [0, 0.05) is 6.54 Å². The molecular weight excluding hydrogens is 382 g/mol. The Labute approximate surface area is 173 Å². The molecule has 1 unspecified atom stereocenters. The van der Waals surface area contributed by atoms with E-state index in [2.05, 4.69) is 0 Å². The van der Waals surface area contributed by atoms with Crippen molar-refractivity contribution in [3.05, 3.63) is 101 Å². The van der Waals surface area contributed by atoms with Gasteiger partial charge < -0.3 is 19.5 Å². The molecule has 30 heavy (non-hydrogen) atoms. The van der Waals surface area contributed by atoms with Crippen LogP contribution in [0.25, 0.3) is 0 Å². The summed E-state index contributed by atoms with van der Waals surface area (Å²) in [6, 6.07) is 18.3. The van der Waals surface area contributed by atoms with Crippen LogP contribution < -0.4 is 0 Å². The first-order valence-corrected chi connectivity index (χ1v) is 9.64. The Balaban J connectivity index is 1.73. The van der Waals surface area contributed by atoms with Gasteiger partial charge in [0.1, 0.15) is 11.5 Å². The Bertz CT molecular complexity index is 1130. The van der Waals surface area contributed by atoms with Crippen molar-refractivity contribution in [2.45, 2.75) is 19.4 Å². The second kappa shape index (κ2) is 7.91. The molecule has 3 aromatic rings. The van der Waals surface area contributed by atoms with Crippen LogP contribution in [0.5, 0.6) is 5.75 Å². The van der Waals surface area contributed by atoms with Crippen molar-refractivity contribution in [2.24, 2.45) is 0 Å². The minimum atomic E-state index is -0.828. The van der Waals surface area contributed by atoms with E-state index in [4.69, 9.17) is 4.42 Å². The molecule has 0 bridgehead atoms. The number of aromatic hydroxyl groups is 1. The fourth-order valence-corrected chi connectivity index (χ4v) is 3.74. The normalized spacial score (nSPS) is 16.4. The molecule has 1 amide bonds. The number of aliphatic hydroxyl groups excluding tert-OH is 1. The number of furan rings is 1. The molecule has 2 heterocycles. The van der Waals surface area contributed by atoms with Crippen molar-refractivity contribution in [2.75, 3.05) is 6.54 Å². The maximum absolute atomic E-state index is 13.2. The van der Waals surface area contributed by atoms with Gasteiger partial charge in [0.25, 0.3) is 5.91 Å². The zero-order chi connectivity index (χ0) is 21.3. The average Bonchev–Trinajstić information content (AvgIpc) is 3.28. The van der Waals surface area contributed by atoms with E-state index in [-0.39, 0.29) is 17.1 Å². The number of aryl methyl sites for hydroxylation is 1. The maximum Gasteiger partial charge on any atom is 0.290 e. The smallest absolute Gasteiger partial charge is 0.290 e. The van der Waals surface area contributed by atoms with Gasteiger partial charge in [0.15, 0.2) is 11.5 Å². The lowest BCUT2D eigenvalue weighted by Crippen LogP contribution is -2.33. The molecule has 0 saturated carbocycles. The molecule has 6 nitrogen and oxygen atoms in total. The van der Waals surface area contributed by atoms with E-state index in [0.29, 0.717) is 24.3 Å². The summed E-state index contributed by atoms with van der Waals surface area (Å²) >= 11 is 0. The molecule has 1 aromatic heterocycles. The standard InChI is InChI=1S/C24H21NO5/c1-15-10-11-19(30-15)22(27)20-21(17-8-5-9-18(26)14-17)25(24(29)23(20)28)13-12-16-6-3-2-4-7-16/h2-11,14,21,26,28H,12-13H2,1H3. The number of hydrogen-bond acceptors (Lipinski definition) is 5. The Morgan fingerprint density at radius 1 is 1.03 bits per heavy atom. The topological polar surface area (TPSA) is 91.0 Å². The van der Waals surface area contributed by atoms with E-state index in [1.165, 1.54) is 23.1 Å². The molecule has 1 aliphatic heterocycles. The largest absolute Gasteiger partial charge is 0.508 e. The van der Waals surface area contributed by atoms with Crippen molar-refractivity contribution in [1.29, 1.82) is 0 Å². The number of rotatable bonds is 6. The highest BCUT2D eigenvalue weighted by Gasteiger charge is 2.44. The van der Waals surface area contributed by atoms with Crippen LogP contribution in [-0.2, 0) is 11.2 Å². The SMILES string of the molecule is Cc1ccc(C(=O)C2=C(O)C(=O)N(CCc3ccccc3)C2c2cccc(O)c2)o1. The van der Waals surface area contributed by atoms with Crippen LogP contribution in [0.3, 0.4) is 0 Å². The summed E-state index contributed by atoms with van der Waals surface area (Å²) in [5, 5.41) is 20.6.